The van der Waals surface area contributed by atoms with E-state index in [4.69, 9.17) is 28.8 Å². The number of hydrogen-bond acceptors (Lipinski definition) is 11. The van der Waals surface area contributed by atoms with E-state index >= 15 is 0 Å². The Balaban J connectivity index is 2.22. The second-order valence-corrected chi connectivity index (χ2v) is 29.7. The summed E-state index contributed by atoms with van der Waals surface area (Å²) in [7, 11) is -4.19. The minimum atomic E-state index is -2.15. The average molecular weight is 836 g/mol. The number of hydrogen-bond donors (Lipinski definition) is 3. The number of alkyl carbamates (subject to hydrolysis) is 2. The standard InChI is InChI=1S/C41H73N5O9Si2/c1-38(2,3)53-36(49)43-22-18-17-21-31(44-37(50)54-39(4,5)6)34(47)51-23-19-20-28-26-46(35(48)45-33(28)42)30-24-29(27-52-56(13,14)40(7,8)9)32(25-30)55-57(15,16)41(10,11)12/h26,29-32H,17-18,21-25,27H2,1-16H3,(H,43,49)(H,44,50)(H2,42,45,48)/t29-,30-,31?,32-/m1/s1. The lowest BCUT2D eigenvalue weighted by Gasteiger charge is -2.41. The maximum absolute atomic E-state index is 13.3. The Morgan fingerprint density at radius 3 is 2.04 bits per heavy atom. The fourth-order valence-electron chi connectivity index (χ4n) is 5.55. The zero-order valence-corrected chi connectivity index (χ0v) is 39.7. The summed E-state index contributed by atoms with van der Waals surface area (Å²) >= 11 is 0. The summed E-state index contributed by atoms with van der Waals surface area (Å²) in [6, 6.07) is -1.22. The van der Waals surface area contributed by atoms with Crippen molar-refractivity contribution >= 4 is 40.6 Å². The quantitative estimate of drug-likeness (QED) is 0.0550. The highest BCUT2D eigenvalue weighted by Crippen LogP contribution is 2.45. The number of rotatable bonds is 14. The summed E-state index contributed by atoms with van der Waals surface area (Å²) in [5.41, 5.74) is 4.63. The lowest BCUT2D eigenvalue weighted by atomic mass is 10.1. The van der Waals surface area contributed by atoms with Crippen LogP contribution in [0.5, 0.6) is 0 Å². The summed E-state index contributed by atoms with van der Waals surface area (Å²) in [5, 5.41) is 5.34. The number of carbonyl (C=O) groups excluding carboxylic acids is 3. The Hall–Kier alpha value is -3.40. The topological polar surface area (TPSA) is 182 Å². The SMILES string of the molecule is CC(C)(C)OC(=O)NCCCCC(NC(=O)OC(C)(C)C)C(=O)OCC#Cc1cn([C@@H]2C[C@H](CO[Si](C)(C)C(C)(C)C)[C@H](O[Si](C)(C)C(C)(C)C)C2)c(=O)nc1N. The Kier molecular flexibility index (Phi) is 17.1. The van der Waals surface area contributed by atoms with Crippen molar-refractivity contribution in [1.29, 1.82) is 0 Å². The highest BCUT2D eigenvalue weighted by molar-refractivity contribution is 6.74. The molecule has 1 heterocycles. The molecule has 57 heavy (non-hydrogen) atoms. The molecule has 14 nitrogen and oxygen atoms in total. The van der Waals surface area contributed by atoms with Gasteiger partial charge in [-0.1, -0.05) is 53.4 Å². The third kappa shape index (κ3) is 16.4. The van der Waals surface area contributed by atoms with Crippen molar-refractivity contribution in [2.24, 2.45) is 5.92 Å². The van der Waals surface area contributed by atoms with Gasteiger partial charge in [-0.25, -0.2) is 19.2 Å². The predicted molar refractivity (Wildman–Crippen MR) is 229 cm³/mol. The van der Waals surface area contributed by atoms with E-state index in [1.807, 2.05) is 0 Å². The highest BCUT2D eigenvalue weighted by atomic mass is 28.4. The number of ether oxygens (including phenoxy) is 3. The molecular formula is C41H73N5O9Si2. The molecule has 0 spiro atoms. The molecule has 1 saturated carbocycles. The summed E-state index contributed by atoms with van der Waals surface area (Å²) in [5.74, 6) is 5.09. The average Bonchev–Trinajstić information content (AvgIpc) is 3.40. The van der Waals surface area contributed by atoms with Crippen molar-refractivity contribution in [3.8, 4) is 11.8 Å². The molecule has 4 atom stereocenters. The number of nitrogens with one attached hydrogen (secondary N) is 2. The fourth-order valence-corrected chi connectivity index (χ4v) is 8.01. The molecule has 1 fully saturated rings. The van der Waals surface area contributed by atoms with Gasteiger partial charge in [0, 0.05) is 31.3 Å². The fraction of sp³-hybridized carbons (Fsp3) is 0.780. The Bertz CT molecular complexity index is 1660. The molecule has 0 aliphatic heterocycles. The van der Waals surface area contributed by atoms with E-state index in [0.717, 1.165) is 0 Å². The van der Waals surface area contributed by atoms with Crippen LogP contribution in [-0.4, -0.2) is 87.4 Å². The molecule has 0 aromatic carbocycles. The third-order valence-corrected chi connectivity index (χ3v) is 19.8. The molecule has 1 unspecified atom stereocenters. The first kappa shape index (κ1) is 49.7. The van der Waals surface area contributed by atoms with Crippen molar-refractivity contribution in [3.05, 3.63) is 22.2 Å². The van der Waals surface area contributed by atoms with Crippen LogP contribution in [0.1, 0.15) is 127 Å². The van der Waals surface area contributed by atoms with E-state index in [0.29, 0.717) is 44.4 Å². The number of anilines is 1. The monoisotopic (exact) mass is 835 g/mol. The summed E-state index contributed by atoms with van der Waals surface area (Å²) in [6.07, 6.45) is 2.76. The van der Waals surface area contributed by atoms with Crippen molar-refractivity contribution in [3.63, 3.8) is 0 Å². The van der Waals surface area contributed by atoms with Crippen LogP contribution in [-0.2, 0) is 27.9 Å². The molecule has 2 amide bonds. The second-order valence-electron chi connectivity index (χ2n) is 20.1. The molecule has 1 aromatic rings. The van der Waals surface area contributed by atoms with Crippen LogP contribution >= 0.6 is 0 Å². The van der Waals surface area contributed by atoms with Gasteiger partial charge in [-0.2, -0.15) is 4.98 Å². The van der Waals surface area contributed by atoms with E-state index in [-0.39, 0.29) is 47.0 Å². The zero-order chi connectivity index (χ0) is 43.8. The molecule has 2 rings (SSSR count). The Morgan fingerprint density at radius 2 is 1.47 bits per heavy atom. The van der Waals surface area contributed by atoms with Gasteiger partial charge in [0.25, 0.3) is 0 Å². The van der Waals surface area contributed by atoms with Gasteiger partial charge in [-0.15, -0.1) is 0 Å². The van der Waals surface area contributed by atoms with Crippen molar-refractivity contribution in [2.75, 3.05) is 25.5 Å². The third-order valence-electron chi connectivity index (χ3n) is 10.8. The first-order valence-electron chi connectivity index (χ1n) is 20.1. The largest absolute Gasteiger partial charge is 0.451 e. The molecule has 4 N–H and O–H groups in total. The molecule has 1 aliphatic rings. The Morgan fingerprint density at radius 1 is 0.895 bits per heavy atom. The second kappa shape index (κ2) is 19.6. The van der Waals surface area contributed by atoms with Crippen LogP contribution in [0.25, 0.3) is 0 Å². The summed E-state index contributed by atoms with van der Waals surface area (Å²) in [6.45, 7) is 33.4. The van der Waals surface area contributed by atoms with Gasteiger partial charge in [0.15, 0.2) is 23.2 Å². The molecule has 1 aliphatic carbocycles. The molecule has 0 bridgehead atoms. The normalized spacial score (nSPS) is 18.6. The van der Waals surface area contributed by atoms with E-state index in [9.17, 15) is 19.2 Å². The first-order chi connectivity index (χ1) is 25.8. The lowest BCUT2D eigenvalue weighted by Crippen LogP contribution is -2.46. The van der Waals surface area contributed by atoms with Gasteiger partial charge in [0.2, 0.25) is 0 Å². The van der Waals surface area contributed by atoms with E-state index in [1.165, 1.54) is 0 Å². The first-order valence-corrected chi connectivity index (χ1v) is 26.0. The number of esters is 1. The van der Waals surface area contributed by atoms with Gasteiger partial charge in [0.1, 0.15) is 23.1 Å². The van der Waals surface area contributed by atoms with E-state index in [1.54, 1.807) is 52.3 Å². The number of nitrogen functional groups attached to an aromatic ring is 1. The van der Waals surface area contributed by atoms with Crippen molar-refractivity contribution in [1.82, 2.24) is 20.2 Å². The van der Waals surface area contributed by atoms with Crippen molar-refractivity contribution < 1.29 is 37.4 Å². The number of amides is 2. The van der Waals surface area contributed by atoms with Gasteiger partial charge in [-0.05, 0) is 110 Å². The van der Waals surface area contributed by atoms with Crippen LogP contribution in [0, 0.1) is 17.8 Å². The highest BCUT2D eigenvalue weighted by Gasteiger charge is 2.46. The van der Waals surface area contributed by atoms with Crippen molar-refractivity contribution in [2.45, 2.75) is 181 Å². The van der Waals surface area contributed by atoms with Gasteiger partial charge in [0.05, 0.1) is 11.7 Å². The number of carbonyl (C=O) groups is 3. The minimum absolute atomic E-state index is 0.00817. The van der Waals surface area contributed by atoms with Crippen LogP contribution < -0.4 is 22.1 Å². The van der Waals surface area contributed by atoms with Crippen LogP contribution in [0.15, 0.2) is 11.0 Å². The smallest absolute Gasteiger partial charge is 0.408 e. The van der Waals surface area contributed by atoms with Crippen LogP contribution in [0.2, 0.25) is 36.3 Å². The molecule has 16 heteroatoms. The summed E-state index contributed by atoms with van der Waals surface area (Å²) in [4.78, 5) is 55.1. The number of nitrogens with zero attached hydrogens (tertiary/aromatic N) is 2. The van der Waals surface area contributed by atoms with Gasteiger partial charge in [-0.3, -0.25) is 4.57 Å². The lowest BCUT2D eigenvalue weighted by molar-refractivity contribution is -0.144. The maximum atomic E-state index is 13.3. The molecular weight excluding hydrogens is 763 g/mol. The zero-order valence-electron chi connectivity index (χ0n) is 37.7. The summed E-state index contributed by atoms with van der Waals surface area (Å²) < 4.78 is 31.3. The number of aromatic nitrogens is 2. The molecule has 324 valence electrons. The molecule has 1 aromatic heterocycles. The number of nitrogens with two attached hydrogens (primary N) is 1. The van der Waals surface area contributed by atoms with E-state index < -0.39 is 57.7 Å². The number of unbranched alkanes of at least 4 members (excludes halogenated alkanes) is 1. The van der Waals surface area contributed by atoms with Crippen LogP contribution in [0.3, 0.4) is 0 Å². The Labute approximate surface area is 343 Å². The minimum Gasteiger partial charge on any atom is -0.451 e. The molecule has 0 saturated heterocycles. The van der Waals surface area contributed by atoms with Gasteiger partial charge < -0.3 is 39.4 Å². The molecule has 0 radical (unpaired) electrons. The predicted octanol–water partition coefficient (Wildman–Crippen LogP) is 7.67. The van der Waals surface area contributed by atoms with E-state index in [2.05, 4.69) is 95.2 Å². The maximum Gasteiger partial charge on any atom is 0.408 e. The van der Waals surface area contributed by atoms with Crippen LogP contribution in [0.4, 0.5) is 15.4 Å². The van der Waals surface area contributed by atoms with Gasteiger partial charge >= 0.3 is 23.8 Å².